The fourth-order valence-electron chi connectivity index (χ4n) is 1.36. The highest BCUT2D eigenvalue weighted by molar-refractivity contribution is 5.85. The standard InChI is InChI=1S/C11H17NO3.ClH/c1-4-8(12)7-5-9(14-2)11(13)10(6-7)15-3;/h5-6,8,13H,4,12H2,1-3H3;1H/t8-;/m1./s1. The first-order valence-electron chi connectivity index (χ1n) is 4.84. The van der Waals surface area contributed by atoms with Gasteiger partial charge in [-0.15, -0.1) is 12.4 Å². The van der Waals surface area contributed by atoms with E-state index in [4.69, 9.17) is 15.2 Å². The van der Waals surface area contributed by atoms with Gasteiger partial charge in [-0.3, -0.25) is 0 Å². The van der Waals surface area contributed by atoms with Crippen LogP contribution in [0.5, 0.6) is 17.2 Å². The summed E-state index contributed by atoms with van der Waals surface area (Å²) in [5.41, 5.74) is 6.79. The molecule has 0 unspecified atom stereocenters. The van der Waals surface area contributed by atoms with Crippen molar-refractivity contribution in [2.24, 2.45) is 5.73 Å². The predicted octanol–water partition coefficient (Wildman–Crippen LogP) is 2.24. The van der Waals surface area contributed by atoms with Gasteiger partial charge in [-0.2, -0.15) is 0 Å². The monoisotopic (exact) mass is 247 g/mol. The Bertz CT molecular complexity index is 319. The lowest BCUT2D eigenvalue weighted by Crippen LogP contribution is -2.09. The van der Waals surface area contributed by atoms with Crippen LogP contribution in [0.3, 0.4) is 0 Å². The van der Waals surface area contributed by atoms with Gasteiger partial charge in [0.15, 0.2) is 11.5 Å². The SMILES string of the molecule is CC[C@@H](N)c1cc(OC)c(O)c(OC)c1.Cl. The summed E-state index contributed by atoms with van der Waals surface area (Å²) in [5, 5.41) is 9.68. The Morgan fingerprint density at radius 2 is 1.69 bits per heavy atom. The first-order valence-corrected chi connectivity index (χ1v) is 4.84. The molecule has 0 saturated carbocycles. The third-order valence-corrected chi connectivity index (χ3v) is 2.37. The number of hydrogen-bond acceptors (Lipinski definition) is 4. The molecule has 0 saturated heterocycles. The van der Waals surface area contributed by atoms with Crippen molar-refractivity contribution in [3.63, 3.8) is 0 Å². The van der Waals surface area contributed by atoms with Crippen molar-refractivity contribution in [3.05, 3.63) is 17.7 Å². The number of nitrogens with two attached hydrogens (primary N) is 1. The maximum absolute atomic E-state index is 9.68. The lowest BCUT2D eigenvalue weighted by atomic mass is 10.0. The van der Waals surface area contributed by atoms with Crippen molar-refractivity contribution in [2.45, 2.75) is 19.4 Å². The second-order valence-electron chi connectivity index (χ2n) is 3.29. The molecule has 1 atom stereocenters. The molecule has 4 nitrogen and oxygen atoms in total. The molecule has 0 amide bonds. The molecular weight excluding hydrogens is 230 g/mol. The Kier molecular flexibility index (Phi) is 6.00. The zero-order chi connectivity index (χ0) is 11.4. The molecule has 5 heteroatoms. The maximum Gasteiger partial charge on any atom is 0.200 e. The summed E-state index contributed by atoms with van der Waals surface area (Å²) in [6, 6.07) is 3.38. The number of phenolic OH excluding ortho intramolecular Hbond substituents is 1. The van der Waals surface area contributed by atoms with Crippen LogP contribution in [0.1, 0.15) is 24.9 Å². The number of ether oxygens (including phenoxy) is 2. The molecule has 1 rings (SSSR count). The van der Waals surface area contributed by atoms with Gasteiger partial charge >= 0.3 is 0 Å². The minimum absolute atomic E-state index is 0. The van der Waals surface area contributed by atoms with Crippen LogP contribution < -0.4 is 15.2 Å². The molecule has 0 spiro atoms. The minimum Gasteiger partial charge on any atom is -0.502 e. The smallest absolute Gasteiger partial charge is 0.200 e. The molecule has 0 aliphatic rings. The highest BCUT2D eigenvalue weighted by Gasteiger charge is 2.13. The van der Waals surface area contributed by atoms with Gasteiger partial charge in [0.1, 0.15) is 0 Å². The zero-order valence-corrected chi connectivity index (χ0v) is 10.5. The summed E-state index contributed by atoms with van der Waals surface area (Å²) in [5.74, 6) is 0.772. The largest absolute Gasteiger partial charge is 0.502 e. The van der Waals surface area contributed by atoms with Crippen LogP contribution in [0.25, 0.3) is 0 Å². The van der Waals surface area contributed by atoms with Crippen LogP contribution in [-0.2, 0) is 0 Å². The van der Waals surface area contributed by atoms with Crippen LogP contribution in [0.4, 0.5) is 0 Å². The average Bonchev–Trinajstić information content (AvgIpc) is 2.28. The van der Waals surface area contributed by atoms with Crippen molar-refractivity contribution in [1.29, 1.82) is 0 Å². The van der Waals surface area contributed by atoms with E-state index >= 15 is 0 Å². The van der Waals surface area contributed by atoms with E-state index in [-0.39, 0.29) is 24.2 Å². The normalized spacial score (nSPS) is 11.5. The van der Waals surface area contributed by atoms with Crippen molar-refractivity contribution >= 4 is 12.4 Å². The fourth-order valence-corrected chi connectivity index (χ4v) is 1.36. The fraction of sp³-hybridized carbons (Fsp3) is 0.455. The first-order chi connectivity index (χ1) is 7.13. The number of rotatable bonds is 4. The molecule has 0 heterocycles. The number of methoxy groups -OCH3 is 2. The van der Waals surface area contributed by atoms with Crippen molar-refractivity contribution < 1.29 is 14.6 Å². The van der Waals surface area contributed by atoms with E-state index in [2.05, 4.69) is 0 Å². The zero-order valence-electron chi connectivity index (χ0n) is 9.69. The molecular formula is C11H18ClNO3. The summed E-state index contributed by atoms with van der Waals surface area (Å²) in [7, 11) is 2.99. The Morgan fingerprint density at radius 3 is 2.00 bits per heavy atom. The highest BCUT2D eigenvalue weighted by Crippen LogP contribution is 2.38. The van der Waals surface area contributed by atoms with Crippen LogP contribution in [0.2, 0.25) is 0 Å². The molecule has 0 bridgehead atoms. The van der Waals surface area contributed by atoms with Gasteiger partial charge in [0.25, 0.3) is 0 Å². The summed E-state index contributed by atoms with van der Waals surface area (Å²) in [6.07, 6.45) is 0.817. The predicted molar refractivity (Wildman–Crippen MR) is 65.7 cm³/mol. The van der Waals surface area contributed by atoms with Gasteiger partial charge in [0.2, 0.25) is 5.75 Å². The van der Waals surface area contributed by atoms with E-state index in [1.807, 2.05) is 6.92 Å². The molecule has 3 N–H and O–H groups in total. The molecule has 16 heavy (non-hydrogen) atoms. The van der Waals surface area contributed by atoms with E-state index in [9.17, 15) is 5.11 Å². The molecule has 0 aliphatic heterocycles. The van der Waals surface area contributed by atoms with Gasteiger partial charge in [0.05, 0.1) is 14.2 Å². The van der Waals surface area contributed by atoms with Crippen molar-refractivity contribution in [1.82, 2.24) is 0 Å². The minimum atomic E-state index is -0.0756. The van der Waals surface area contributed by atoms with Gasteiger partial charge in [-0.25, -0.2) is 0 Å². The number of benzene rings is 1. The van der Waals surface area contributed by atoms with E-state index in [0.29, 0.717) is 11.5 Å². The molecule has 1 aromatic carbocycles. The van der Waals surface area contributed by atoms with Gasteiger partial charge < -0.3 is 20.3 Å². The third-order valence-electron chi connectivity index (χ3n) is 2.37. The number of aromatic hydroxyl groups is 1. The number of halogens is 1. The second-order valence-corrected chi connectivity index (χ2v) is 3.29. The van der Waals surface area contributed by atoms with Crippen molar-refractivity contribution in [2.75, 3.05) is 14.2 Å². The Morgan fingerprint density at radius 1 is 1.25 bits per heavy atom. The summed E-state index contributed by atoms with van der Waals surface area (Å²) in [4.78, 5) is 0. The lowest BCUT2D eigenvalue weighted by Gasteiger charge is -2.14. The molecule has 0 aliphatic carbocycles. The lowest BCUT2D eigenvalue weighted by molar-refractivity contribution is 0.338. The number of phenols is 1. The van der Waals surface area contributed by atoms with Crippen LogP contribution in [0.15, 0.2) is 12.1 Å². The second kappa shape index (κ2) is 6.45. The van der Waals surface area contributed by atoms with E-state index < -0.39 is 0 Å². The first kappa shape index (κ1) is 14.9. The Balaban J connectivity index is 0.00000225. The van der Waals surface area contributed by atoms with Crippen LogP contribution in [-0.4, -0.2) is 19.3 Å². The van der Waals surface area contributed by atoms with Gasteiger partial charge in [-0.05, 0) is 24.1 Å². The van der Waals surface area contributed by atoms with Gasteiger partial charge in [-0.1, -0.05) is 6.92 Å². The van der Waals surface area contributed by atoms with E-state index in [1.54, 1.807) is 12.1 Å². The molecule has 1 aromatic rings. The summed E-state index contributed by atoms with van der Waals surface area (Å²) < 4.78 is 10.1. The third kappa shape index (κ3) is 2.93. The summed E-state index contributed by atoms with van der Waals surface area (Å²) in [6.45, 7) is 2.00. The molecule has 0 fully saturated rings. The van der Waals surface area contributed by atoms with Crippen LogP contribution in [0, 0.1) is 0 Å². The average molecular weight is 248 g/mol. The van der Waals surface area contributed by atoms with E-state index in [0.717, 1.165) is 12.0 Å². The highest BCUT2D eigenvalue weighted by atomic mass is 35.5. The van der Waals surface area contributed by atoms with Crippen molar-refractivity contribution in [3.8, 4) is 17.2 Å². The number of hydrogen-bond donors (Lipinski definition) is 2. The molecule has 0 radical (unpaired) electrons. The quantitative estimate of drug-likeness (QED) is 0.857. The molecule has 0 aromatic heterocycles. The Labute approximate surface area is 102 Å². The van der Waals surface area contributed by atoms with Crippen LogP contribution >= 0.6 is 12.4 Å². The topological polar surface area (TPSA) is 64.7 Å². The molecule has 92 valence electrons. The maximum atomic E-state index is 9.68. The van der Waals surface area contributed by atoms with Gasteiger partial charge in [0, 0.05) is 6.04 Å². The summed E-state index contributed by atoms with van der Waals surface area (Å²) >= 11 is 0. The van der Waals surface area contributed by atoms with E-state index in [1.165, 1.54) is 14.2 Å². The Hall–Kier alpha value is -1.13.